The summed E-state index contributed by atoms with van der Waals surface area (Å²) in [6, 6.07) is 5.07. The molecule has 0 saturated carbocycles. The number of carbonyl (C=O) groups excluding carboxylic acids is 1. The van der Waals surface area contributed by atoms with E-state index in [2.05, 4.69) is 31.9 Å². The van der Waals surface area contributed by atoms with Crippen LogP contribution >= 0.6 is 31.9 Å². The minimum absolute atomic E-state index is 0.0787. The van der Waals surface area contributed by atoms with Crippen molar-refractivity contribution in [3.05, 3.63) is 34.3 Å². The molecule has 2 rings (SSSR count). The summed E-state index contributed by atoms with van der Waals surface area (Å²) in [5.41, 5.74) is 1.81. The van der Waals surface area contributed by atoms with E-state index in [0.29, 0.717) is 13.0 Å². The van der Waals surface area contributed by atoms with Crippen molar-refractivity contribution < 1.29 is 9.90 Å². The van der Waals surface area contributed by atoms with Crippen LogP contribution in [0.4, 0.5) is 0 Å². The van der Waals surface area contributed by atoms with Gasteiger partial charge in [-0.25, -0.2) is 0 Å². The normalized spacial score (nSPS) is 19.9. The maximum absolute atomic E-state index is 12.1. The predicted octanol–water partition coefficient (Wildman–Crippen LogP) is 3.51. The number of halogens is 2. The monoisotopic (exact) mass is 373 g/mol. The van der Waals surface area contributed by atoms with Crippen LogP contribution < -0.4 is 0 Å². The van der Waals surface area contributed by atoms with Crippen LogP contribution in [-0.4, -0.2) is 27.3 Å². The smallest absolute Gasteiger partial charge is 0.241 e. The minimum Gasteiger partial charge on any atom is -0.508 e. The molecule has 0 saturated heterocycles. The molecule has 1 aliphatic rings. The Kier molecular flexibility index (Phi) is 4.12. The van der Waals surface area contributed by atoms with Gasteiger partial charge in [-0.05, 0) is 47.5 Å². The van der Waals surface area contributed by atoms with Crippen LogP contribution in [0.15, 0.2) is 28.7 Å². The lowest BCUT2D eigenvalue weighted by atomic mass is 10.0. The maximum atomic E-state index is 12.1. The number of nitrogens with zero attached hydrogens (tertiary/aromatic N) is 1. The van der Waals surface area contributed by atoms with Crippen LogP contribution in [0.2, 0.25) is 0 Å². The second-order valence-electron chi connectivity index (χ2n) is 4.04. The first kappa shape index (κ1) is 13.6. The average Bonchev–Trinajstić information content (AvgIpc) is 2.33. The van der Waals surface area contributed by atoms with E-state index in [0.717, 1.165) is 15.7 Å². The number of hydrogen-bond acceptors (Lipinski definition) is 2. The van der Waals surface area contributed by atoms with Gasteiger partial charge >= 0.3 is 0 Å². The highest BCUT2D eigenvalue weighted by Crippen LogP contribution is 2.34. The van der Waals surface area contributed by atoms with Crippen LogP contribution in [0.25, 0.3) is 5.70 Å². The maximum Gasteiger partial charge on any atom is 0.241 e. The Balaban J connectivity index is 2.45. The summed E-state index contributed by atoms with van der Waals surface area (Å²) in [7, 11) is 0. The molecule has 0 fully saturated rings. The Bertz CT molecular complexity index is 514. The van der Waals surface area contributed by atoms with Gasteiger partial charge in [0, 0.05) is 22.3 Å². The van der Waals surface area contributed by atoms with Gasteiger partial charge in [-0.1, -0.05) is 22.0 Å². The molecule has 3 nitrogen and oxygen atoms in total. The summed E-state index contributed by atoms with van der Waals surface area (Å²) in [6.07, 6.45) is 2.72. The number of benzene rings is 1. The number of allylic oxidation sites excluding steroid dienone is 1. The number of alkyl halides is 1. The third-order valence-corrected chi connectivity index (χ3v) is 4.31. The van der Waals surface area contributed by atoms with Gasteiger partial charge in [0.2, 0.25) is 5.91 Å². The highest BCUT2D eigenvalue weighted by Gasteiger charge is 2.28. The van der Waals surface area contributed by atoms with E-state index in [1.54, 1.807) is 17.0 Å². The molecule has 1 atom stereocenters. The lowest BCUT2D eigenvalue weighted by molar-refractivity contribution is -0.127. The topological polar surface area (TPSA) is 40.5 Å². The van der Waals surface area contributed by atoms with Gasteiger partial charge in [0.25, 0.3) is 0 Å². The van der Waals surface area contributed by atoms with Gasteiger partial charge in [-0.3, -0.25) is 4.79 Å². The van der Waals surface area contributed by atoms with Crippen LogP contribution in [0.1, 0.15) is 18.9 Å². The minimum atomic E-state index is -0.142. The first-order valence-corrected chi connectivity index (χ1v) is 7.40. The molecular formula is C13H13Br2NO2. The van der Waals surface area contributed by atoms with Gasteiger partial charge in [0.1, 0.15) is 5.75 Å². The Morgan fingerprint density at radius 2 is 2.22 bits per heavy atom. The lowest BCUT2D eigenvalue weighted by Gasteiger charge is -2.30. The van der Waals surface area contributed by atoms with E-state index in [-0.39, 0.29) is 16.5 Å². The van der Waals surface area contributed by atoms with E-state index in [4.69, 9.17) is 0 Å². The first-order valence-electron chi connectivity index (χ1n) is 5.69. The summed E-state index contributed by atoms with van der Waals surface area (Å²) in [5, 5.41) is 9.42. The molecule has 0 bridgehead atoms. The van der Waals surface area contributed by atoms with Crippen molar-refractivity contribution in [2.45, 2.75) is 18.2 Å². The molecule has 1 N–H and O–H groups in total. The molecular weight excluding hydrogens is 362 g/mol. The number of aromatic hydroxyl groups is 1. The fourth-order valence-corrected chi connectivity index (χ4v) is 3.01. The highest BCUT2D eigenvalue weighted by atomic mass is 79.9. The summed E-state index contributed by atoms with van der Waals surface area (Å²) in [4.78, 5) is 13.7. The highest BCUT2D eigenvalue weighted by molar-refractivity contribution is 9.10. The molecule has 1 unspecified atom stereocenters. The fraction of sp³-hybridized carbons (Fsp3) is 0.308. The summed E-state index contributed by atoms with van der Waals surface area (Å²) in [5.74, 6) is 0.282. The third-order valence-electron chi connectivity index (χ3n) is 2.89. The third kappa shape index (κ3) is 2.47. The summed E-state index contributed by atoms with van der Waals surface area (Å²) in [6.45, 7) is 2.57. The Labute approximate surface area is 123 Å². The molecule has 1 aromatic carbocycles. The average molecular weight is 375 g/mol. The van der Waals surface area contributed by atoms with Gasteiger partial charge < -0.3 is 10.0 Å². The SMILES string of the molecule is CCN1C(=O)C(Br)CC=C1c1ccc(O)cc1Br. The van der Waals surface area contributed by atoms with Crippen LogP contribution in [0.5, 0.6) is 5.75 Å². The predicted molar refractivity (Wildman–Crippen MR) is 78.5 cm³/mol. The number of phenolic OH excluding ortho intramolecular Hbond substituents is 1. The fourth-order valence-electron chi connectivity index (χ4n) is 2.01. The summed E-state index contributed by atoms with van der Waals surface area (Å²) >= 11 is 6.80. The molecule has 1 amide bonds. The molecule has 18 heavy (non-hydrogen) atoms. The molecule has 1 aromatic rings. The molecule has 96 valence electrons. The van der Waals surface area contributed by atoms with Crippen molar-refractivity contribution in [3.63, 3.8) is 0 Å². The molecule has 0 aromatic heterocycles. The molecule has 1 heterocycles. The molecule has 0 aliphatic carbocycles. The number of hydrogen-bond donors (Lipinski definition) is 1. The second kappa shape index (κ2) is 5.45. The Morgan fingerprint density at radius 3 is 2.83 bits per heavy atom. The second-order valence-corrected chi connectivity index (χ2v) is 6.00. The largest absolute Gasteiger partial charge is 0.508 e. The van der Waals surface area contributed by atoms with Crippen molar-refractivity contribution in [2.75, 3.05) is 6.54 Å². The van der Waals surface area contributed by atoms with Crippen LogP contribution in [0, 0.1) is 0 Å². The Hall–Kier alpha value is -0.810. The van der Waals surface area contributed by atoms with Crippen molar-refractivity contribution in [1.82, 2.24) is 4.90 Å². The van der Waals surface area contributed by atoms with Gasteiger partial charge in [-0.2, -0.15) is 0 Å². The van der Waals surface area contributed by atoms with Crippen LogP contribution in [-0.2, 0) is 4.79 Å². The standard InChI is InChI=1S/C13H13Br2NO2/c1-2-16-12(6-5-10(14)13(16)18)9-4-3-8(17)7-11(9)15/h3-4,6-7,10,17H,2,5H2,1H3. The van der Waals surface area contributed by atoms with Gasteiger partial charge in [0.15, 0.2) is 0 Å². The number of carbonyl (C=O) groups is 1. The van der Waals surface area contributed by atoms with Crippen LogP contribution in [0.3, 0.4) is 0 Å². The Morgan fingerprint density at radius 1 is 1.50 bits per heavy atom. The number of rotatable bonds is 2. The van der Waals surface area contributed by atoms with E-state index >= 15 is 0 Å². The number of phenols is 1. The van der Waals surface area contributed by atoms with E-state index in [1.807, 2.05) is 19.1 Å². The van der Waals surface area contributed by atoms with Crippen molar-refractivity contribution in [3.8, 4) is 5.75 Å². The lowest BCUT2D eigenvalue weighted by Crippen LogP contribution is -2.38. The molecule has 5 heteroatoms. The van der Waals surface area contributed by atoms with Crippen molar-refractivity contribution in [1.29, 1.82) is 0 Å². The van der Waals surface area contributed by atoms with E-state index in [9.17, 15) is 9.90 Å². The van der Waals surface area contributed by atoms with Gasteiger partial charge in [-0.15, -0.1) is 0 Å². The molecule has 0 spiro atoms. The number of amides is 1. The van der Waals surface area contributed by atoms with E-state index < -0.39 is 0 Å². The molecule has 1 aliphatic heterocycles. The quantitative estimate of drug-likeness (QED) is 0.804. The van der Waals surface area contributed by atoms with Crippen molar-refractivity contribution >= 4 is 43.5 Å². The zero-order valence-corrected chi connectivity index (χ0v) is 13.0. The van der Waals surface area contributed by atoms with Gasteiger partial charge in [0.05, 0.1) is 4.83 Å². The zero-order chi connectivity index (χ0) is 13.3. The van der Waals surface area contributed by atoms with E-state index in [1.165, 1.54) is 0 Å². The molecule has 0 radical (unpaired) electrons. The van der Waals surface area contributed by atoms with Crippen molar-refractivity contribution in [2.24, 2.45) is 0 Å². The first-order chi connectivity index (χ1) is 8.54. The summed E-state index contributed by atoms with van der Waals surface area (Å²) < 4.78 is 0.785. The zero-order valence-electron chi connectivity index (χ0n) is 9.86.